The van der Waals surface area contributed by atoms with Crippen molar-refractivity contribution >= 4 is 12.0 Å². The van der Waals surface area contributed by atoms with E-state index in [0.29, 0.717) is 5.56 Å². The van der Waals surface area contributed by atoms with Gasteiger partial charge in [-0.05, 0) is 23.8 Å². The molecule has 0 aromatic heterocycles. The third-order valence-corrected chi connectivity index (χ3v) is 3.38. The molecule has 0 bridgehead atoms. The smallest absolute Gasteiger partial charge is 0.330 e. The van der Waals surface area contributed by atoms with Gasteiger partial charge in [0.1, 0.15) is 36.8 Å². The van der Waals surface area contributed by atoms with E-state index in [9.17, 15) is 25.2 Å². The molecule has 0 unspecified atom stereocenters. The Morgan fingerprint density at radius 1 is 1.09 bits per heavy atom. The summed E-state index contributed by atoms with van der Waals surface area (Å²) in [5.74, 6) is -0.614. The lowest BCUT2D eigenvalue weighted by Crippen LogP contribution is -2.58. The van der Waals surface area contributed by atoms with E-state index in [2.05, 4.69) is 0 Å². The average Bonchev–Trinajstić information content (AvgIpc) is 2.54. The number of phenols is 1. The highest BCUT2D eigenvalue weighted by molar-refractivity contribution is 5.87. The first-order chi connectivity index (χ1) is 10.9. The van der Waals surface area contributed by atoms with Gasteiger partial charge in [-0.15, -0.1) is 0 Å². The topological polar surface area (TPSA) is 137 Å². The number of carbonyl (C=O) groups excluding carboxylic acids is 1. The van der Waals surface area contributed by atoms with E-state index < -0.39 is 43.3 Å². The van der Waals surface area contributed by atoms with Crippen molar-refractivity contribution in [3.05, 3.63) is 35.9 Å². The van der Waals surface area contributed by atoms with Gasteiger partial charge in [0.25, 0.3) is 0 Å². The normalized spacial score (nSPS) is 31.2. The van der Waals surface area contributed by atoms with Crippen LogP contribution < -0.4 is 0 Å². The van der Waals surface area contributed by atoms with Crippen LogP contribution in [-0.2, 0) is 14.3 Å². The molecule has 2 rings (SSSR count). The van der Waals surface area contributed by atoms with E-state index >= 15 is 0 Å². The molecule has 1 saturated heterocycles. The number of ether oxygens (including phenoxy) is 2. The van der Waals surface area contributed by atoms with Crippen molar-refractivity contribution in [3.8, 4) is 5.75 Å². The fourth-order valence-corrected chi connectivity index (χ4v) is 2.03. The first-order valence-corrected chi connectivity index (χ1v) is 6.90. The van der Waals surface area contributed by atoms with Gasteiger partial charge in [0, 0.05) is 6.08 Å². The molecule has 0 amide bonds. The van der Waals surface area contributed by atoms with Gasteiger partial charge in [0.2, 0.25) is 0 Å². The summed E-state index contributed by atoms with van der Waals surface area (Å²) in [6, 6.07) is 6.12. The SMILES string of the molecule is O=C(/C=C/c1ccc(O)cc1)OC[C@H]1O[C@@H](O)[C@@H](O)[C@@H](O)[C@H]1O. The number of benzene rings is 1. The van der Waals surface area contributed by atoms with Crippen LogP contribution in [0.25, 0.3) is 6.08 Å². The van der Waals surface area contributed by atoms with Gasteiger partial charge < -0.3 is 35.0 Å². The van der Waals surface area contributed by atoms with Gasteiger partial charge >= 0.3 is 5.97 Å². The molecular formula is C15H18O8. The van der Waals surface area contributed by atoms with Gasteiger partial charge in [-0.2, -0.15) is 0 Å². The molecule has 0 saturated carbocycles. The van der Waals surface area contributed by atoms with Crippen LogP contribution in [0.1, 0.15) is 5.56 Å². The first-order valence-electron chi connectivity index (χ1n) is 6.90. The maximum atomic E-state index is 11.6. The molecule has 1 heterocycles. The van der Waals surface area contributed by atoms with E-state index in [1.165, 1.54) is 18.2 Å². The Kier molecular flexibility index (Phi) is 5.69. The maximum Gasteiger partial charge on any atom is 0.330 e. The molecule has 0 spiro atoms. The third kappa shape index (κ3) is 4.50. The molecule has 0 radical (unpaired) electrons. The van der Waals surface area contributed by atoms with E-state index in [-0.39, 0.29) is 5.75 Å². The summed E-state index contributed by atoms with van der Waals surface area (Å²) in [5.41, 5.74) is 0.669. The minimum Gasteiger partial charge on any atom is -0.508 e. The Labute approximate surface area is 131 Å². The lowest BCUT2D eigenvalue weighted by Gasteiger charge is -2.37. The predicted molar refractivity (Wildman–Crippen MR) is 77.0 cm³/mol. The molecule has 5 N–H and O–H groups in total. The molecule has 23 heavy (non-hydrogen) atoms. The summed E-state index contributed by atoms with van der Waals surface area (Å²) < 4.78 is 9.74. The number of carbonyl (C=O) groups is 1. The van der Waals surface area contributed by atoms with Crippen LogP contribution in [0.3, 0.4) is 0 Å². The van der Waals surface area contributed by atoms with Crippen LogP contribution in [0, 0.1) is 0 Å². The summed E-state index contributed by atoms with van der Waals surface area (Å²) in [7, 11) is 0. The highest BCUT2D eigenvalue weighted by atomic mass is 16.6. The first kappa shape index (κ1) is 17.4. The molecule has 8 nitrogen and oxygen atoms in total. The molecule has 126 valence electrons. The Morgan fingerprint density at radius 2 is 1.74 bits per heavy atom. The van der Waals surface area contributed by atoms with E-state index in [0.717, 1.165) is 6.08 Å². The molecule has 1 aliphatic heterocycles. The minimum atomic E-state index is -1.68. The number of rotatable bonds is 4. The van der Waals surface area contributed by atoms with Crippen molar-refractivity contribution in [1.29, 1.82) is 0 Å². The Hall–Kier alpha value is -1.97. The van der Waals surface area contributed by atoms with Gasteiger partial charge in [-0.1, -0.05) is 12.1 Å². The van der Waals surface area contributed by atoms with E-state index in [4.69, 9.17) is 14.6 Å². The minimum absolute atomic E-state index is 0.104. The van der Waals surface area contributed by atoms with Crippen LogP contribution in [0.5, 0.6) is 5.75 Å². The number of hydrogen-bond acceptors (Lipinski definition) is 8. The Balaban J connectivity index is 1.85. The summed E-state index contributed by atoms with van der Waals surface area (Å²) in [6.45, 7) is -0.402. The van der Waals surface area contributed by atoms with Gasteiger partial charge in [-0.3, -0.25) is 0 Å². The fraction of sp³-hybridized carbons (Fsp3) is 0.400. The summed E-state index contributed by atoms with van der Waals surface area (Å²) >= 11 is 0. The average molecular weight is 326 g/mol. The standard InChI is InChI=1S/C15H18O8/c16-9-4-1-8(2-5-9)3-6-11(17)22-7-10-12(18)13(19)14(20)15(21)23-10/h1-6,10,12-16,18-21H,7H2/b6-3+/t10-,12+,13+,14+,15-/m1/s1. The molecular weight excluding hydrogens is 308 g/mol. The van der Waals surface area contributed by atoms with Crippen molar-refractivity contribution < 1.29 is 39.8 Å². The summed E-state index contributed by atoms with van der Waals surface area (Å²) in [6.07, 6.45) is -4.96. The van der Waals surface area contributed by atoms with Gasteiger partial charge in [0.15, 0.2) is 6.29 Å². The number of aliphatic hydroxyl groups excluding tert-OH is 4. The van der Waals surface area contributed by atoms with E-state index in [1.807, 2.05) is 0 Å². The fourth-order valence-electron chi connectivity index (χ4n) is 2.03. The molecule has 5 atom stereocenters. The molecule has 1 aromatic carbocycles. The van der Waals surface area contributed by atoms with Crippen LogP contribution >= 0.6 is 0 Å². The van der Waals surface area contributed by atoms with Gasteiger partial charge in [-0.25, -0.2) is 4.79 Å². The van der Waals surface area contributed by atoms with Crippen molar-refractivity contribution in [2.75, 3.05) is 6.61 Å². The van der Waals surface area contributed by atoms with Crippen LogP contribution in [0.15, 0.2) is 30.3 Å². The summed E-state index contributed by atoms with van der Waals surface area (Å²) in [4.78, 5) is 11.6. The molecule has 1 fully saturated rings. The molecule has 8 heteroatoms. The lowest BCUT2D eigenvalue weighted by atomic mass is 9.99. The zero-order valence-electron chi connectivity index (χ0n) is 12.0. The Morgan fingerprint density at radius 3 is 2.39 bits per heavy atom. The molecule has 0 aliphatic carbocycles. The monoisotopic (exact) mass is 326 g/mol. The Bertz CT molecular complexity index is 555. The van der Waals surface area contributed by atoms with Crippen molar-refractivity contribution in [1.82, 2.24) is 0 Å². The molecule has 1 aliphatic rings. The zero-order valence-corrected chi connectivity index (χ0v) is 12.0. The van der Waals surface area contributed by atoms with Crippen molar-refractivity contribution in [3.63, 3.8) is 0 Å². The maximum absolute atomic E-state index is 11.6. The number of hydrogen-bond donors (Lipinski definition) is 5. The second kappa shape index (κ2) is 7.53. The quantitative estimate of drug-likeness (QED) is 0.342. The number of esters is 1. The second-order valence-electron chi connectivity index (χ2n) is 5.09. The third-order valence-electron chi connectivity index (χ3n) is 3.38. The van der Waals surface area contributed by atoms with Crippen molar-refractivity contribution in [2.24, 2.45) is 0 Å². The highest BCUT2D eigenvalue weighted by Crippen LogP contribution is 2.20. The zero-order chi connectivity index (χ0) is 17.0. The van der Waals surface area contributed by atoms with Crippen molar-refractivity contribution in [2.45, 2.75) is 30.7 Å². The number of aliphatic hydroxyl groups is 4. The summed E-state index contributed by atoms with van der Waals surface area (Å²) in [5, 5.41) is 47.0. The van der Waals surface area contributed by atoms with Crippen LogP contribution in [-0.4, -0.2) is 68.8 Å². The second-order valence-corrected chi connectivity index (χ2v) is 5.09. The van der Waals surface area contributed by atoms with E-state index in [1.54, 1.807) is 12.1 Å². The van der Waals surface area contributed by atoms with Crippen LogP contribution in [0.4, 0.5) is 0 Å². The number of phenolic OH excluding ortho intramolecular Hbond substituents is 1. The largest absolute Gasteiger partial charge is 0.508 e. The van der Waals surface area contributed by atoms with Crippen LogP contribution in [0.2, 0.25) is 0 Å². The lowest BCUT2D eigenvalue weighted by molar-refractivity contribution is -0.287. The number of aromatic hydroxyl groups is 1. The molecule has 1 aromatic rings. The predicted octanol–water partition coefficient (Wildman–Crippen LogP) is -1.25. The highest BCUT2D eigenvalue weighted by Gasteiger charge is 2.43. The van der Waals surface area contributed by atoms with Gasteiger partial charge in [0.05, 0.1) is 0 Å².